The second kappa shape index (κ2) is 9.30. The molecule has 31 heavy (non-hydrogen) atoms. The summed E-state index contributed by atoms with van der Waals surface area (Å²) in [5, 5.41) is 0.644. The molecule has 4 rings (SSSR count). The monoisotopic (exact) mass is 413 g/mol. The van der Waals surface area contributed by atoms with Crippen molar-refractivity contribution in [1.82, 2.24) is 4.90 Å². The molecule has 4 aromatic rings. The number of hydrogen-bond donors (Lipinski definition) is 0. The van der Waals surface area contributed by atoms with E-state index in [-0.39, 0.29) is 11.5 Å². The Hall–Kier alpha value is -3.86. The zero-order chi connectivity index (χ0) is 21.6. The van der Waals surface area contributed by atoms with Gasteiger partial charge in [-0.1, -0.05) is 72.8 Å². The summed E-state index contributed by atoms with van der Waals surface area (Å²) in [7, 11) is 1.51. The molecule has 1 aromatic heterocycles. The molecule has 156 valence electrons. The maximum absolute atomic E-state index is 13.4. The summed E-state index contributed by atoms with van der Waals surface area (Å²) in [6.07, 6.45) is 0.687. The Labute approximate surface area is 180 Å². The number of carbonyl (C=O) groups excluding carboxylic acids is 1. The number of para-hydroxylation sites is 1. The standard InChI is InChI=1S/C26H23NO4/c1-30-23-14-8-13-21-17-22(26(29)31-24(21)23)25(28)27(18-20-11-6-3-7-12-20)16-15-19-9-4-2-5-10-19/h2-14,17H,15-16,18H2,1H3. The molecule has 5 heteroatoms. The first kappa shape index (κ1) is 20.4. The molecule has 1 amide bonds. The smallest absolute Gasteiger partial charge is 0.349 e. The average Bonchev–Trinajstić information content (AvgIpc) is 2.82. The predicted molar refractivity (Wildman–Crippen MR) is 120 cm³/mol. The Kier molecular flexibility index (Phi) is 6.13. The second-order valence-electron chi connectivity index (χ2n) is 7.27. The minimum atomic E-state index is -0.667. The average molecular weight is 413 g/mol. The molecule has 0 aliphatic rings. The number of carbonyl (C=O) groups is 1. The molecule has 0 aliphatic heterocycles. The number of fused-ring (bicyclic) bond motifs is 1. The summed E-state index contributed by atoms with van der Waals surface area (Å²) in [5.41, 5.74) is 1.81. The molecule has 0 saturated heterocycles. The molecule has 5 nitrogen and oxygen atoms in total. The lowest BCUT2D eigenvalue weighted by molar-refractivity contribution is 0.0741. The highest BCUT2D eigenvalue weighted by Crippen LogP contribution is 2.25. The molecule has 0 fully saturated rings. The summed E-state index contributed by atoms with van der Waals surface area (Å²) >= 11 is 0. The molecular weight excluding hydrogens is 390 g/mol. The minimum absolute atomic E-state index is 0.0183. The maximum atomic E-state index is 13.4. The van der Waals surface area contributed by atoms with Crippen LogP contribution in [-0.2, 0) is 13.0 Å². The largest absolute Gasteiger partial charge is 0.493 e. The van der Waals surface area contributed by atoms with Gasteiger partial charge in [0.05, 0.1) is 7.11 Å². The van der Waals surface area contributed by atoms with Crippen LogP contribution in [0, 0.1) is 0 Å². The van der Waals surface area contributed by atoms with Crippen molar-refractivity contribution in [2.45, 2.75) is 13.0 Å². The third-order valence-electron chi connectivity index (χ3n) is 5.19. The minimum Gasteiger partial charge on any atom is -0.493 e. The van der Waals surface area contributed by atoms with Crippen LogP contribution in [0.25, 0.3) is 11.0 Å². The first-order chi connectivity index (χ1) is 15.2. The Morgan fingerprint density at radius 3 is 2.26 bits per heavy atom. The van der Waals surface area contributed by atoms with Gasteiger partial charge in [-0.15, -0.1) is 0 Å². The van der Waals surface area contributed by atoms with Crippen molar-refractivity contribution in [3.8, 4) is 5.75 Å². The lowest BCUT2D eigenvalue weighted by atomic mass is 10.1. The highest BCUT2D eigenvalue weighted by molar-refractivity contribution is 5.97. The van der Waals surface area contributed by atoms with E-state index in [2.05, 4.69) is 0 Å². The Bertz CT molecular complexity index is 1230. The Morgan fingerprint density at radius 1 is 0.903 bits per heavy atom. The number of benzene rings is 3. The molecule has 1 heterocycles. The van der Waals surface area contributed by atoms with E-state index >= 15 is 0 Å². The summed E-state index contributed by atoms with van der Waals surface area (Å²) in [6.45, 7) is 0.884. The molecule has 0 N–H and O–H groups in total. The van der Waals surface area contributed by atoms with Crippen molar-refractivity contribution < 1.29 is 13.9 Å². The predicted octanol–water partition coefficient (Wildman–Crippen LogP) is 4.69. The van der Waals surface area contributed by atoms with Crippen molar-refractivity contribution in [1.29, 1.82) is 0 Å². The highest BCUT2D eigenvalue weighted by Gasteiger charge is 2.22. The number of methoxy groups -OCH3 is 1. The van der Waals surface area contributed by atoms with Gasteiger partial charge in [0.2, 0.25) is 0 Å². The van der Waals surface area contributed by atoms with E-state index in [1.807, 2.05) is 60.7 Å². The van der Waals surface area contributed by atoms with E-state index in [9.17, 15) is 9.59 Å². The third-order valence-corrected chi connectivity index (χ3v) is 5.19. The lowest BCUT2D eigenvalue weighted by Gasteiger charge is -2.23. The fourth-order valence-electron chi connectivity index (χ4n) is 3.56. The molecule has 0 saturated carbocycles. The number of nitrogens with zero attached hydrogens (tertiary/aromatic N) is 1. The van der Waals surface area contributed by atoms with Crippen molar-refractivity contribution in [3.63, 3.8) is 0 Å². The first-order valence-corrected chi connectivity index (χ1v) is 10.1. The normalized spacial score (nSPS) is 10.7. The van der Waals surface area contributed by atoms with Crippen LogP contribution >= 0.6 is 0 Å². The summed E-state index contributed by atoms with van der Waals surface area (Å²) in [4.78, 5) is 27.8. The number of amides is 1. The second-order valence-corrected chi connectivity index (χ2v) is 7.27. The highest BCUT2D eigenvalue weighted by atomic mass is 16.5. The SMILES string of the molecule is COc1cccc2cc(C(=O)N(CCc3ccccc3)Cc3ccccc3)c(=O)oc12. The molecule has 0 aliphatic carbocycles. The van der Waals surface area contributed by atoms with Crippen LogP contribution < -0.4 is 10.4 Å². The first-order valence-electron chi connectivity index (χ1n) is 10.1. The van der Waals surface area contributed by atoms with Gasteiger partial charge in [0, 0.05) is 18.5 Å². The zero-order valence-electron chi connectivity index (χ0n) is 17.3. The van der Waals surface area contributed by atoms with Crippen LogP contribution in [-0.4, -0.2) is 24.5 Å². The molecule has 0 atom stereocenters. The van der Waals surface area contributed by atoms with Gasteiger partial charge in [0.25, 0.3) is 5.91 Å². The zero-order valence-corrected chi connectivity index (χ0v) is 17.3. The van der Waals surface area contributed by atoms with Crippen LogP contribution in [0.3, 0.4) is 0 Å². The van der Waals surface area contributed by atoms with E-state index in [1.54, 1.807) is 29.2 Å². The van der Waals surface area contributed by atoms with Crippen molar-refractivity contribution in [2.75, 3.05) is 13.7 Å². The molecule has 0 radical (unpaired) electrons. The van der Waals surface area contributed by atoms with Crippen LogP contribution in [0.2, 0.25) is 0 Å². The van der Waals surface area contributed by atoms with Gasteiger partial charge in [-0.2, -0.15) is 0 Å². The third kappa shape index (κ3) is 4.67. The van der Waals surface area contributed by atoms with Crippen LogP contribution in [0.1, 0.15) is 21.5 Å². The van der Waals surface area contributed by atoms with Gasteiger partial charge >= 0.3 is 5.63 Å². The molecule has 3 aromatic carbocycles. The van der Waals surface area contributed by atoms with Gasteiger partial charge in [-0.25, -0.2) is 4.79 Å². The fourth-order valence-corrected chi connectivity index (χ4v) is 3.56. The summed E-state index contributed by atoms with van der Waals surface area (Å²) < 4.78 is 10.7. The van der Waals surface area contributed by atoms with E-state index in [1.165, 1.54) is 7.11 Å². The summed E-state index contributed by atoms with van der Waals surface area (Å²) in [5.74, 6) is 0.108. The van der Waals surface area contributed by atoms with Crippen LogP contribution in [0.5, 0.6) is 5.75 Å². The van der Waals surface area contributed by atoms with Crippen molar-refractivity contribution in [3.05, 3.63) is 112 Å². The van der Waals surface area contributed by atoms with Gasteiger partial charge in [0.1, 0.15) is 5.56 Å². The number of hydrogen-bond acceptors (Lipinski definition) is 4. The van der Waals surface area contributed by atoms with Crippen molar-refractivity contribution >= 4 is 16.9 Å². The van der Waals surface area contributed by atoms with Gasteiger partial charge in [-0.3, -0.25) is 4.79 Å². The lowest BCUT2D eigenvalue weighted by Crippen LogP contribution is -2.35. The van der Waals surface area contributed by atoms with Crippen molar-refractivity contribution in [2.24, 2.45) is 0 Å². The topological polar surface area (TPSA) is 59.8 Å². The van der Waals surface area contributed by atoms with Gasteiger partial charge in [0.15, 0.2) is 11.3 Å². The molecular formula is C26H23NO4. The van der Waals surface area contributed by atoms with E-state index in [0.717, 1.165) is 11.1 Å². The summed E-state index contributed by atoms with van der Waals surface area (Å²) in [6, 6.07) is 26.6. The number of rotatable bonds is 7. The van der Waals surface area contributed by atoms with Gasteiger partial charge in [-0.05, 0) is 29.7 Å². The molecule has 0 spiro atoms. The fraction of sp³-hybridized carbons (Fsp3) is 0.154. The Balaban J connectivity index is 1.67. The van der Waals surface area contributed by atoms with Crippen LogP contribution in [0.4, 0.5) is 0 Å². The van der Waals surface area contributed by atoms with Crippen LogP contribution in [0.15, 0.2) is 94.1 Å². The molecule has 0 unspecified atom stereocenters. The van der Waals surface area contributed by atoms with E-state index in [4.69, 9.17) is 9.15 Å². The molecule has 0 bridgehead atoms. The number of ether oxygens (including phenoxy) is 1. The Morgan fingerprint density at radius 2 is 1.58 bits per heavy atom. The van der Waals surface area contributed by atoms with E-state index < -0.39 is 5.63 Å². The van der Waals surface area contributed by atoms with Gasteiger partial charge < -0.3 is 14.1 Å². The maximum Gasteiger partial charge on any atom is 0.349 e. The van der Waals surface area contributed by atoms with E-state index in [0.29, 0.717) is 36.2 Å². The quantitative estimate of drug-likeness (QED) is 0.413.